The van der Waals surface area contributed by atoms with Gasteiger partial charge in [-0.25, -0.2) is 27.3 Å². The molecule has 11 heteroatoms. The molecular formula is C32H37F4N3O4. The number of aromatic nitrogens is 2. The minimum absolute atomic E-state index is 0.111. The molecule has 3 heterocycles. The van der Waals surface area contributed by atoms with Crippen LogP contribution in [-0.4, -0.2) is 46.3 Å². The van der Waals surface area contributed by atoms with Gasteiger partial charge in [0, 0.05) is 72.0 Å². The van der Waals surface area contributed by atoms with Crippen LogP contribution in [0.3, 0.4) is 0 Å². The molecule has 3 aromatic rings. The number of pyridine rings is 2. The molecule has 0 radical (unpaired) electrons. The molecule has 1 atom stereocenters. The molecule has 1 N–H and O–H groups in total. The van der Waals surface area contributed by atoms with E-state index in [0.717, 1.165) is 12.8 Å². The maximum Gasteiger partial charge on any atom is 0.337 e. The van der Waals surface area contributed by atoms with Gasteiger partial charge in [-0.05, 0) is 52.0 Å². The lowest BCUT2D eigenvalue weighted by Crippen LogP contribution is -2.39. The quantitative estimate of drug-likeness (QED) is 0.259. The predicted octanol–water partition coefficient (Wildman–Crippen LogP) is 7.20. The van der Waals surface area contributed by atoms with Crippen molar-refractivity contribution in [3.63, 3.8) is 0 Å². The zero-order valence-corrected chi connectivity index (χ0v) is 25.2. The third-order valence-electron chi connectivity index (χ3n) is 7.49. The summed E-state index contributed by atoms with van der Waals surface area (Å²) in [7, 11) is 0. The molecule has 1 aromatic carbocycles. The van der Waals surface area contributed by atoms with E-state index in [4.69, 9.17) is 9.47 Å². The lowest BCUT2D eigenvalue weighted by atomic mass is 9.82. The summed E-state index contributed by atoms with van der Waals surface area (Å²) in [5, 5.41) is 10.2. The standard InChI is InChI=1S/C32H37F4N3O4/c1-18-26(28(30(40)41)43-31(2,3)4)27(39-10-8-32(5,6)9-11-39)22(17-37-18)19-13-25(36)29(38-16-19)42-12-7-21-23(34)14-20(33)15-24(21)35/h13-17,28H,7-12H2,1-6H3,(H,40,41). The van der Waals surface area contributed by atoms with Crippen molar-refractivity contribution in [1.82, 2.24) is 9.97 Å². The van der Waals surface area contributed by atoms with Crippen LogP contribution in [0.25, 0.3) is 11.1 Å². The molecule has 0 saturated carbocycles. The molecule has 1 aliphatic rings. The number of benzene rings is 1. The van der Waals surface area contributed by atoms with Gasteiger partial charge in [-0.15, -0.1) is 0 Å². The number of aryl methyl sites for hydroxylation is 1. The van der Waals surface area contributed by atoms with Crippen molar-refractivity contribution < 1.29 is 36.9 Å². The first-order valence-corrected chi connectivity index (χ1v) is 14.1. The molecule has 0 aliphatic carbocycles. The minimum Gasteiger partial charge on any atom is -0.479 e. The molecule has 1 fully saturated rings. The first-order valence-electron chi connectivity index (χ1n) is 14.1. The van der Waals surface area contributed by atoms with E-state index in [9.17, 15) is 23.1 Å². The number of hydrogen-bond donors (Lipinski definition) is 1. The molecule has 0 spiro atoms. The number of aliphatic carboxylic acids is 1. The highest BCUT2D eigenvalue weighted by molar-refractivity contribution is 5.86. The fourth-order valence-electron chi connectivity index (χ4n) is 5.14. The van der Waals surface area contributed by atoms with E-state index in [1.54, 1.807) is 33.9 Å². The summed E-state index contributed by atoms with van der Waals surface area (Å²) in [6.45, 7) is 12.4. The first-order chi connectivity index (χ1) is 20.1. The molecule has 2 aromatic heterocycles. The van der Waals surface area contributed by atoms with Crippen LogP contribution in [-0.2, 0) is 16.0 Å². The van der Waals surface area contributed by atoms with Crippen LogP contribution in [0, 0.1) is 35.6 Å². The Morgan fingerprint density at radius 2 is 1.65 bits per heavy atom. The van der Waals surface area contributed by atoms with Gasteiger partial charge in [-0.1, -0.05) is 13.8 Å². The number of carboxylic acids is 1. The van der Waals surface area contributed by atoms with Crippen molar-refractivity contribution in [2.75, 3.05) is 24.6 Å². The van der Waals surface area contributed by atoms with Gasteiger partial charge >= 0.3 is 5.97 Å². The van der Waals surface area contributed by atoms with Crippen molar-refractivity contribution in [2.45, 2.75) is 72.5 Å². The maximum atomic E-state index is 15.3. The molecule has 1 unspecified atom stereocenters. The van der Waals surface area contributed by atoms with Gasteiger partial charge in [0.25, 0.3) is 0 Å². The van der Waals surface area contributed by atoms with Crippen LogP contribution in [0.2, 0.25) is 0 Å². The summed E-state index contributed by atoms with van der Waals surface area (Å²) in [6, 6.07) is 2.34. The predicted molar refractivity (Wildman–Crippen MR) is 154 cm³/mol. The number of ether oxygens (including phenoxy) is 2. The second-order valence-corrected chi connectivity index (χ2v) is 12.6. The number of nitrogens with zero attached hydrogens (tertiary/aromatic N) is 3. The Bertz CT molecular complexity index is 1470. The van der Waals surface area contributed by atoms with Crippen LogP contribution in [0.1, 0.15) is 70.4 Å². The van der Waals surface area contributed by atoms with Gasteiger partial charge in [0.05, 0.1) is 17.9 Å². The van der Waals surface area contributed by atoms with E-state index in [1.165, 1.54) is 12.3 Å². The normalized spacial score (nSPS) is 15.8. The summed E-state index contributed by atoms with van der Waals surface area (Å²) in [6.07, 6.45) is 3.07. The fraction of sp³-hybridized carbons (Fsp3) is 0.469. The van der Waals surface area contributed by atoms with Crippen molar-refractivity contribution in [3.05, 3.63) is 70.7 Å². The zero-order valence-electron chi connectivity index (χ0n) is 25.2. The van der Waals surface area contributed by atoms with Crippen molar-refractivity contribution in [3.8, 4) is 17.0 Å². The fourth-order valence-corrected chi connectivity index (χ4v) is 5.14. The molecule has 0 amide bonds. The highest BCUT2D eigenvalue weighted by atomic mass is 19.1. The molecule has 232 valence electrons. The van der Waals surface area contributed by atoms with Gasteiger partial charge < -0.3 is 19.5 Å². The van der Waals surface area contributed by atoms with Crippen LogP contribution >= 0.6 is 0 Å². The van der Waals surface area contributed by atoms with Crippen LogP contribution < -0.4 is 9.64 Å². The minimum atomic E-state index is -1.33. The monoisotopic (exact) mass is 603 g/mol. The van der Waals surface area contributed by atoms with E-state index in [-0.39, 0.29) is 29.9 Å². The second-order valence-electron chi connectivity index (χ2n) is 12.6. The Balaban J connectivity index is 1.71. The molecule has 1 saturated heterocycles. The summed E-state index contributed by atoms with van der Waals surface area (Å²) >= 11 is 0. The second kappa shape index (κ2) is 12.5. The van der Waals surface area contributed by atoms with E-state index >= 15 is 4.39 Å². The molecule has 1 aliphatic heterocycles. The number of carboxylic acid groups (broad SMARTS) is 1. The number of hydrogen-bond acceptors (Lipinski definition) is 6. The lowest BCUT2D eigenvalue weighted by Gasteiger charge is -2.40. The summed E-state index contributed by atoms with van der Waals surface area (Å²) in [4.78, 5) is 23.2. The molecule has 43 heavy (non-hydrogen) atoms. The number of carbonyl (C=O) groups is 1. The number of halogens is 4. The third kappa shape index (κ3) is 7.62. The highest BCUT2D eigenvalue weighted by Crippen LogP contribution is 2.43. The zero-order chi connectivity index (χ0) is 31.7. The van der Waals surface area contributed by atoms with E-state index in [1.807, 2.05) is 0 Å². The molecular weight excluding hydrogens is 566 g/mol. The topological polar surface area (TPSA) is 84.8 Å². The number of anilines is 1. The van der Waals surface area contributed by atoms with E-state index in [2.05, 4.69) is 28.7 Å². The Labute approximate surface area is 248 Å². The van der Waals surface area contributed by atoms with Gasteiger partial charge in [-0.3, -0.25) is 4.98 Å². The Morgan fingerprint density at radius 3 is 2.21 bits per heavy atom. The van der Waals surface area contributed by atoms with Gasteiger partial charge in [0.1, 0.15) is 17.5 Å². The molecule has 4 rings (SSSR count). The summed E-state index contributed by atoms with van der Waals surface area (Å²) < 4.78 is 67.8. The van der Waals surface area contributed by atoms with Gasteiger partial charge in [-0.2, -0.15) is 0 Å². The Hall–Kier alpha value is -3.73. The SMILES string of the molecule is Cc1ncc(-c2cnc(OCCc3c(F)cc(F)cc3F)c(F)c2)c(N2CCC(C)(C)CC2)c1C(OC(C)(C)C)C(=O)O. The van der Waals surface area contributed by atoms with Crippen LogP contribution in [0.5, 0.6) is 5.88 Å². The van der Waals surface area contributed by atoms with Crippen molar-refractivity contribution in [1.29, 1.82) is 0 Å². The molecule has 0 bridgehead atoms. The van der Waals surface area contributed by atoms with Gasteiger partial charge in [0.2, 0.25) is 5.88 Å². The third-order valence-corrected chi connectivity index (χ3v) is 7.49. The smallest absolute Gasteiger partial charge is 0.337 e. The summed E-state index contributed by atoms with van der Waals surface area (Å²) in [5.41, 5.74) is 1.25. The van der Waals surface area contributed by atoms with Crippen LogP contribution in [0.4, 0.5) is 23.2 Å². The average Bonchev–Trinajstić information content (AvgIpc) is 2.89. The Morgan fingerprint density at radius 1 is 1.02 bits per heavy atom. The number of piperidine rings is 1. The van der Waals surface area contributed by atoms with Crippen molar-refractivity contribution >= 4 is 11.7 Å². The largest absolute Gasteiger partial charge is 0.479 e. The van der Waals surface area contributed by atoms with Crippen molar-refractivity contribution in [2.24, 2.45) is 5.41 Å². The first kappa shape index (κ1) is 32.2. The van der Waals surface area contributed by atoms with Gasteiger partial charge in [0.15, 0.2) is 11.9 Å². The van der Waals surface area contributed by atoms with Crippen LogP contribution in [0.15, 0.2) is 30.6 Å². The molecule has 7 nitrogen and oxygen atoms in total. The van der Waals surface area contributed by atoms with E-state index < -0.39 is 40.9 Å². The lowest BCUT2D eigenvalue weighted by molar-refractivity contribution is -0.160. The maximum absolute atomic E-state index is 15.3. The Kier molecular flexibility index (Phi) is 9.34. The van der Waals surface area contributed by atoms with E-state index in [0.29, 0.717) is 53.3 Å². The number of rotatable bonds is 9. The average molecular weight is 604 g/mol. The summed E-state index contributed by atoms with van der Waals surface area (Å²) in [5.74, 6) is -5.53. The highest BCUT2D eigenvalue weighted by Gasteiger charge is 2.36.